The number of hydrogen-bond acceptors (Lipinski definition) is 2. The number of fused-ring (bicyclic) bond motifs is 2. The molecule has 2 heteroatoms. The lowest BCUT2D eigenvalue weighted by molar-refractivity contribution is -0.0654. The molecule has 0 aliphatic carbocycles. The summed E-state index contributed by atoms with van der Waals surface area (Å²) in [5, 5.41) is 9.89. The van der Waals surface area contributed by atoms with Crippen LogP contribution in [0.2, 0.25) is 0 Å². The van der Waals surface area contributed by atoms with Crippen LogP contribution in [0.15, 0.2) is 11.6 Å². The molecule has 2 aliphatic heterocycles. The smallest absolute Gasteiger partial charge is 0.113 e. The average molecular weight is 154 g/mol. The van der Waals surface area contributed by atoms with Gasteiger partial charge in [-0.25, -0.2) is 0 Å². The van der Waals surface area contributed by atoms with Crippen molar-refractivity contribution in [3.8, 4) is 0 Å². The molecular weight excluding hydrogens is 140 g/mol. The van der Waals surface area contributed by atoms with Gasteiger partial charge in [-0.2, -0.15) is 0 Å². The molecule has 0 aromatic rings. The first-order valence-corrected chi connectivity index (χ1v) is 4.04. The predicted molar refractivity (Wildman–Crippen MR) is 42.3 cm³/mol. The Labute approximate surface area is 66.9 Å². The molecule has 1 saturated heterocycles. The van der Waals surface area contributed by atoms with Crippen LogP contribution < -0.4 is 0 Å². The second kappa shape index (κ2) is 1.70. The highest BCUT2D eigenvalue weighted by molar-refractivity contribution is 5.30. The van der Waals surface area contributed by atoms with Gasteiger partial charge in [0.25, 0.3) is 0 Å². The highest BCUT2D eigenvalue weighted by Crippen LogP contribution is 2.48. The van der Waals surface area contributed by atoms with Crippen LogP contribution in [0.4, 0.5) is 0 Å². The number of rotatable bonds is 0. The molecule has 2 nitrogen and oxygen atoms in total. The van der Waals surface area contributed by atoms with Crippen LogP contribution in [0, 0.1) is 0 Å². The van der Waals surface area contributed by atoms with E-state index in [0.717, 1.165) is 6.42 Å². The molecule has 2 heterocycles. The molecule has 1 fully saturated rings. The summed E-state index contributed by atoms with van der Waals surface area (Å²) in [5.74, 6) is 0. The van der Waals surface area contributed by atoms with Gasteiger partial charge in [0, 0.05) is 6.42 Å². The maximum atomic E-state index is 9.89. The standard InChI is InChI=1S/C9H14O2/c1-6-4-9(3)8(2,10)5-7(6)11-9/h4,7,10H,5H2,1-3H3/t7-,8-,9-/m0/s1. The van der Waals surface area contributed by atoms with Crippen molar-refractivity contribution in [3.05, 3.63) is 11.6 Å². The normalized spacial score (nSPS) is 54.9. The lowest BCUT2D eigenvalue weighted by Gasteiger charge is -2.32. The zero-order chi connectivity index (χ0) is 8.28. The molecule has 62 valence electrons. The van der Waals surface area contributed by atoms with Crippen LogP contribution >= 0.6 is 0 Å². The molecule has 2 rings (SSSR count). The maximum absolute atomic E-state index is 9.89. The molecule has 0 aromatic carbocycles. The molecule has 0 amide bonds. The lowest BCUT2D eigenvalue weighted by Crippen LogP contribution is -2.44. The highest BCUT2D eigenvalue weighted by atomic mass is 16.5. The fourth-order valence-corrected chi connectivity index (χ4v) is 2.00. The Morgan fingerprint density at radius 1 is 1.64 bits per heavy atom. The van der Waals surface area contributed by atoms with E-state index in [1.165, 1.54) is 5.57 Å². The summed E-state index contributed by atoms with van der Waals surface area (Å²) in [4.78, 5) is 0. The number of hydrogen-bond donors (Lipinski definition) is 1. The molecule has 2 aliphatic rings. The predicted octanol–water partition coefficient (Wildman–Crippen LogP) is 1.24. The fourth-order valence-electron chi connectivity index (χ4n) is 2.00. The van der Waals surface area contributed by atoms with E-state index in [0.29, 0.717) is 0 Å². The summed E-state index contributed by atoms with van der Waals surface area (Å²) < 4.78 is 5.64. The molecule has 0 saturated carbocycles. The van der Waals surface area contributed by atoms with Gasteiger partial charge in [-0.1, -0.05) is 0 Å². The first-order chi connectivity index (χ1) is 4.95. The third-order valence-electron chi connectivity index (χ3n) is 3.05. The van der Waals surface area contributed by atoms with Gasteiger partial charge in [-0.05, 0) is 32.4 Å². The van der Waals surface area contributed by atoms with Crippen molar-refractivity contribution in [2.45, 2.75) is 44.5 Å². The minimum absolute atomic E-state index is 0.162. The van der Waals surface area contributed by atoms with Crippen LogP contribution in [-0.4, -0.2) is 22.4 Å². The van der Waals surface area contributed by atoms with E-state index in [1.54, 1.807) is 0 Å². The Bertz CT molecular complexity index is 230. The Morgan fingerprint density at radius 2 is 2.27 bits per heavy atom. The third kappa shape index (κ3) is 0.741. The van der Waals surface area contributed by atoms with Crippen molar-refractivity contribution in [2.75, 3.05) is 0 Å². The van der Waals surface area contributed by atoms with E-state index in [2.05, 4.69) is 6.92 Å². The first kappa shape index (κ1) is 7.32. The Morgan fingerprint density at radius 3 is 2.55 bits per heavy atom. The zero-order valence-corrected chi connectivity index (χ0v) is 7.22. The maximum Gasteiger partial charge on any atom is 0.113 e. The van der Waals surface area contributed by atoms with Gasteiger partial charge in [0.15, 0.2) is 0 Å². The molecule has 0 aromatic heterocycles. The van der Waals surface area contributed by atoms with Crippen molar-refractivity contribution >= 4 is 0 Å². The van der Waals surface area contributed by atoms with Gasteiger partial charge in [0.1, 0.15) is 5.60 Å². The van der Waals surface area contributed by atoms with Gasteiger partial charge in [-0.3, -0.25) is 0 Å². The summed E-state index contributed by atoms with van der Waals surface area (Å²) in [6.45, 7) is 5.85. The Kier molecular flexibility index (Phi) is 1.13. The summed E-state index contributed by atoms with van der Waals surface area (Å²) in [5.41, 5.74) is 0.165. The van der Waals surface area contributed by atoms with E-state index in [-0.39, 0.29) is 6.10 Å². The summed E-state index contributed by atoms with van der Waals surface area (Å²) in [6, 6.07) is 0. The molecule has 2 bridgehead atoms. The molecule has 0 radical (unpaired) electrons. The average Bonchev–Trinajstić information content (AvgIpc) is 2.16. The number of ether oxygens (including phenoxy) is 1. The molecule has 11 heavy (non-hydrogen) atoms. The lowest BCUT2D eigenvalue weighted by atomic mass is 9.79. The van der Waals surface area contributed by atoms with Crippen molar-refractivity contribution in [1.82, 2.24) is 0 Å². The van der Waals surface area contributed by atoms with Crippen molar-refractivity contribution in [2.24, 2.45) is 0 Å². The third-order valence-corrected chi connectivity index (χ3v) is 3.05. The monoisotopic (exact) mass is 154 g/mol. The second-order valence-corrected chi connectivity index (χ2v) is 4.08. The van der Waals surface area contributed by atoms with Gasteiger partial charge < -0.3 is 9.84 Å². The Balaban J connectivity index is 2.43. The van der Waals surface area contributed by atoms with Crippen LogP contribution in [-0.2, 0) is 4.74 Å². The zero-order valence-electron chi connectivity index (χ0n) is 7.22. The highest BCUT2D eigenvalue weighted by Gasteiger charge is 2.56. The van der Waals surface area contributed by atoms with E-state index in [4.69, 9.17) is 4.74 Å². The van der Waals surface area contributed by atoms with Crippen LogP contribution in [0.5, 0.6) is 0 Å². The summed E-state index contributed by atoms with van der Waals surface area (Å²) in [7, 11) is 0. The van der Waals surface area contributed by atoms with Crippen LogP contribution in [0.3, 0.4) is 0 Å². The molecular formula is C9H14O2. The topological polar surface area (TPSA) is 29.5 Å². The van der Waals surface area contributed by atoms with E-state index >= 15 is 0 Å². The van der Waals surface area contributed by atoms with Gasteiger partial charge in [0.2, 0.25) is 0 Å². The van der Waals surface area contributed by atoms with E-state index < -0.39 is 11.2 Å². The van der Waals surface area contributed by atoms with Crippen molar-refractivity contribution < 1.29 is 9.84 Å². The summed E-state index contributed by atoms with van der Waals surface area (Å²) in [6.07, 6.45) is 2.95. The Hall–Kier alpha value is -0.340. The minimum Gasteiger partial charge on any atom is -0.387 e. The minimum atomic E-state index is -0.669. The molecule has 0 spiro atoms. The van der Waals surface area contributed by atoms with E-state index in [1.807, 2.05) is 19.9 Å². The van der Waals surface area contributed by atoms with Crippen molar-refractivity contribution in [1.29, 1.82) is 0 Å². The van der Waals surface area contributed by atoms with Gasteiger partial charge >= 0.3 is 0 Å². The van der Waals surface area contributed by atoms with Gasteiger partial charge in [-0.15, -0.1) is 0 Å². The van der Waals surface area contributed by atoms with Crippen LogP contribution in [0.1, 0.15) is 27.2 Å². The molecule has 3 atom stereocenters. The largest absolute Gasteiger partial charge is 0.387 e. The van der Waals surface area contributed by atoms with E-state index in [9.17, 15) is 5.11 Å². The molecule has 1 N–H and O–H groups in total. The van der Waals surface area contributed by atoms with Gasteiger partial charge in [0.05, 0.1) is 11.7 Å². The van der Waals surface area contributed by atoms with Crippen molar-refractivity contribution in [3.63, 3.8) is 0 Å². The second-order valence-electron chi connectivity index (χ2n) is 4.08. The molecule has 0 unspecified atom stereocenters. The first-order valence-electron chi connectivity index (χ1n) is 4.04. The summed E-state index contributed by atoms with van der Waals surface area (Å²) >= 11 is 0. The SMILES string of the molecule is CC1=C[C@]2(C)O[C@H]1C[C@]2(C)O. The number of aliphatic hydroxyl groups is 1. The fraction of sp³-hybridized carbons (Fsp3) is 0.778. The quantitative estimate of drug-likeness (QED) is 0.532. The van der Waals surface area contributed by atoms with Crippen LogP contribution in [0.25, 0.3) is 0 Å².